The van der Waals surface area contributed by atoms with Crippen molar-refractivity contribution in [1.82, 2.24) is 9.55 Å². The minimum atomic E-state index is -0.638. The van der Waals surface area contributed by atoms with Gasteiger partial charge in [0.2, 0.25) is 5.91 Å². The van der Waals surface area contributed by atoms with E-state index < -0.39 is 11.2 Å². The maximum absolute atomic E-state index is 13.6. The number of aromatic nitrogens is 2. The van der Waals surface area contributed by atoms with E-state index in [0.717, 1.165) is 11.1 Å². The number of thiophene rings is 1. The first-order valence-corrected chi connectivity index (χ1v) is 14.5. The summed E-state index contributed by atoms with van der Waals surface area (Å²) in [7, 11) is 0. The highest BCUT2D eigenvalue weighted by Crippen LogP contribution is 2.37. The normalized spacial score (nSPS) is 11.8. The fourth-order valence-electron chi connectivity index (χ4n) is 4.33. The van der Waals surface area contributed by atoms with Gasteiger partial charge in [-0.05, 0) is 50.1 Å². The third-order valence-electron chi connectivity index (χ3n) is 6.34. The van der Waals surface area contributed by atoms with Crippen LogP contribution in [0.4, 0.5) is 5.00 Å². The Labute approximate surface area is 239 Å². The van der Waals surface area contributed by atoms with Crippen LogP contribution in [-0.2, 0) is 9.53 Å². The van der Waals surface area contributed by atoms with Crippen LogP contribution in [0.1, 0.15) is 29.8 Å². The quantitative estimate of drug-likeness (QED) is 0.127. The summed E-state index contributed by atoms with van der Waals surface area (Å²) < 4.78 is 6.88. The molecule has 0 saturated heterocycles. The van der Waals surface area contributed by atoms with Crippen molar-refractivity contribution in [3.8, 4) is 16.8 Å². The summed E-state index contributed by atoms with van der Waals surface area (Å²) in [4.78, 5) is 44.8. The Kier molecular flexibility index (Phi) is 8.14. The summed E-state index contributed by atoms with van der Waals surface area (Å²) in [5.74, 6) is -0.821. The van der Waals surface area contributed by atoms with Gasteiger partial charge < -0.3 is 10.1 Å². The number of carbonyl (C=O) groups excluding carboxylic acids is 2. The van der Waals surface area contributed by atoms with E-state index in [0.29, 0.717) is 37.9 Å². The SMILES string of the molecule is CCOC(=O)c1c(-c2ccccc2)csc1NC(=O)C(C)Sc1nc2ccccc2c(=O)n1-c1ccccc1C. The number of aryl methyl sites for hydroxylation is 1. The van der Waals surface area contributed by atoms with Crippen LogP contribution in [0.2, 0.25) is 0 Å². The van der Waals surface area contributed by atoms with Crippen LogP contribution < -0.4 is 10.9 Å². The maximum Gasteiger partial charge on any atom is 0.341 e. The number of hydrogen-bond acceptors (Lipinski definition) is 7. The largest absolute Gasteiger partial charge is 0.462 e. The standard InChI is InChI=1S/C31H27N3O4S2/c1-4-38-30(37)26-23(21-13-6-5-7-14-21)18-39-28(26)33-27(35)20(3)40-31-32-24-16-10-9-15-22(24)29(36)34(31)25-17-11-8-12-19(25)2/h5-18,20H,4H2,1-3H3,(H,33,35). The lowest BCUT2D eigenvalue weighted by Crippen LogP contribution is -2.27. The van der Waals surface area contributed by atoms with Gasteiger partial charge in [-0.3, -0.25) is 14.2 Å². The Morgan fingerprint density at radius 2 is 1.73 bits per heavy atom. The molecule has 202 valence electrons. The number of nitrogens with one attached hydrogen (secondary N) is 1. The van der Waals surface area contributed by atoms with E-state index in [-0.39, 0.29) is 18.1 Å². The van der Waals surface area contributed by atoms with Crippen LogP contribution in [0.5, 0.6) is 0 Å². The Balaban J connectivity index is 1.49. The molecule has 1 unspecified atom stereocenters. The second-order valence-corrected chi connectivity index (χ2v) is 11.2. The van der Waals surface area contributed by atoms with E-state index in [4.69, 9.17) is 9.72 Å². The fraction of sp³-hybridized carbons (Fsp3) is 0.161. The second-order valence-electron chi connectivity index (χ2n) is 9.03. The first-order valence-electron chi connectivity index (χ1n) is 12.8. The van der Waals surface area contributed by atoms with Crippen LogP contribution in [0.3, 0.4) is 0 Å². The van der Waals surface area contributed by atoms with E-state index in [1.165, 1.54) is 23.1 Å². The highest BCUT2D eigenvalue weighted by molar-refractivity contribution is 8.00. The van der Waals surface area contributed by atoms with Gasteiger partial charge in [0.1, 0.15) is 10.6 Å². The number of anilines is 1. The smallest absolute Gasteiger partial charge is 0.341 e. The maximum atomic E-state index is 13.6. The molecule has 0 radical (unpaired) electrons. The van der Waals surface area contributed by atoms with Gasteiger partial charge in [-0.25, -0.2) is 9.78 Å². The number of ether oxygens (including phenoxy) is 1. The molecule has 0 aliphatic rings. The highest BCUT2D eigenvalue weighted by atomic mass is 32.2. The van der Waals surface area contributed by atoms with Crippen molar-refractivity contribution in [2.75, 3.05) is 11.9 Å². The predicted octanol–water partition coefficient (Wildman–Crippen LogP) is 6.72. The molecule has 1 amide bonds. The van der Waals surface area contributed by atoms with E-state index in [1.54, 1.807) is 30.5 Å². The molecule has 0 aliphatic carbocycles. The molecule has 1 atom stereocenters. The van der Waals surface area contributed by atoms with Gasteiger partial charge in [-0.1, -0.05) is 72.4 Å². The number of rotatable bonds is 8. The Morgan fingerprint density at radius 1 is 1.02 bits per heavy atom. The Hall–Kier alpha value is -4.21. The van der Waals surface area contributed by atoms with Gasteiger partial charge in [-0.15, -0.1) is 11.3 Å². The molecule has 5 rings (SSSR count). The zero-order valence-electron chi connectivity index (χ0n) is 22.2. The summed E-state index contributed by atoms with van der Waals surface area (Å²) >= 11 is 2.46. The fourth-order valence-corrected chi connectivity index (χ4v) is 6.21. The number of thioether (sulfide) groups is 1. The van der Waals surface area contributed by atoms with Gasteiger partial charge in [0.05, 0.1) is 28.4 Å². The lowest BCUT2D eigenvalue weighted by molar-refractivity contribution is -0.115. The van der Waals surface area contributed by atoms with E-state index in [1.807, 2.05) is 79.0 Å². The first kappa shape index (κ1) is 27.4. The summed E-state index contributed by atoms with van der Waals surface area (Å²) in [6, 6.07) is 24.3. The lowest BCUT2D eigenvalue weighted by atomic mass is 10.0. The molecule has 9 heteroatoms. The number of para-hydroxylation sites is 2. The third kappa shape index (κ3) is 5.43. The van der Waals surface area contributed by atoms with Crippen LogP contribution in [0.25, 0.3) is 27.7 Å². The van der Waals surface area contributed by atoms with Crippen LogP contribution in [0.15, 0.2) is 94.2 Å². The van der Waals surface area contributed by atoms with Gasteiger partial charge in [0.15, 0.2) is 5.16 Å². The van der Waals surface area contributed by atoms with E-state index in [2.05, 4.69) is 5.32 Å². The average Bonchev–Trinajstić information content (AvgIpc) is 3.38. The first-order chi connectivity index (χ1) is 19.4. The summed E-state index contributed by atoms with van der Waals surface area (Å²) in [6.07, 6.45) is 0. The van der Waals surface area contributed by atoms with E-state index >= 15 is 0 Å². The van der Waals surface area contributed by atoms with Crippen molar-refractivity contribution in [2.24, 2.45) is 0 Å². The molecule has 0 aliphatic heterocycles. The van der Waals surface area contributed by atoms with Gasteiger partial charge in [-0.2, -0.15) is 0 Å². The molecule has 3 aromatic carbocycles. The topological polar surface area (TPSA) is 90.3 Å². The van der Waals surface area contributed by atoms with Gasteiger partial charge >= 0.3 is 5.97 Å². The lowest BCUT2D eigenvalue weighted by Gasteiger charge is -2.17. The van der Waals surface area contributed by atoms with Gasteiger partial charge in [0, 0.05) is 10.9 Å². The molecule has 0 bridgehead atoms. The molecular weight excluding hydrogens is 542 g/mol. The number of benzene rings is 3. The Morgan fingerprint density at radius 3 is 2.48 bits per heavy atom. The minimum absolute atomic E-state index is 0.203. The second kappa shape index (κ2) is 11.9. The summed E-state index contributed by atoms with van der Waals surface area (Å²) in [5, 5.41) is 5.45. The molecule has 40 heavy (non-hydrogen) atoms. The summed E-state index contributed by atoms with van der Waals surface area (Å²) in [6.45, 7) is 5.64. The van der Waals surface area contributed by atoms with Gasteiger partial charge in [0.25, 0.3) is 5.56 Å². The van der Waals surface area contributed by atoms with E-state index in [9.17, 15) is 14.4 Å². The number of fused-ring (bicyclic) bond motifs is 1. The monoisotopic (exact) mass is 569 g/mol. The van der Waals surface area contributed by atoms with Crippen molar-refractivity contribution < 1.29 is 14.3 Å². The average molecular weight is 570 g/mol. The Bertz CT molecular complexity index is 1760. The molecular formula is C31H27N3O4S2. The molecule has 2 heterocycles. The van der Waals surface area contributed by atoms with Crippen molar-refractivity contribution in [1.29, 1.82) is 0 Å². The van der Waals surface area contributed by atoms with Crippen molar-refractivity contribution in [3.05, 3.63) is 106 Å². The third-order valence-corrected chi connectivity index (χ3v) is 8.29. The molecule has 0 spiro atoms. The van der Waals surface area contributed by atoms with Crippen molar-refractivity contribution in [2.45, 2.75) is 31.2 Å². The van der Waals surface area contributed by atoms with Crippen LogP contribution >= 0.6 is 23.1 Å². The number of hydrogen-bond donors (Lipinski definition) is 1. The number of nitrogens with zero attached hydrogens (tertiary/aromatic N) is 2. The number of amides is 1. The molecule has 5 aromatic rings. The molecule has 0 saturated carbocycles. The molecule has 1 N–H and O–H groups in total. The zero-order chi connectivity index (χ0) is 28.2. The zero-order valence-corrected chi connectivity index (χ0v) is 23.8. The molecule has 0 fully saturated rings. The van der Waals surface area contributed by atoms with Crippen molar-refractivity contribution >= 4 is 50.9 Å². The highest BCUT2D eigenvalue weighted by Gasteiger charge is 2.26. The predicted molar refractivity (Wildman–Crippen MR) is 162 cm³/mol. The van der Waals surface area contributed by atoms with Crippen LogP contribution in [0, 0.1) is 6.92 Å². The number of esters is 1. The molecule has 2 aromatic heterocycles. The van der Waals surface area contributed by atoms with Crippen molar-refractivity contribution in [3.63, 3.8) is 0 Å². The number of carbonyl (C=O) groups is 2. The van der Waals surface area contributed by atoms with Crippen LogP contribution in [-0.4, -0.2) is 33.3 Å². The molecule has 7 nitrogen and oxygen atoms in total. The minimum Gasteiger partial charge on any atom is -0.462 e. The summed E-state index contributed by atoms with van der Waals surface area (Å²) in [5.41, 5.74) is 3.84.